The lowest BCUT2D eigenvalue weighted by atomic mass is 10.2. The first-order chi connectivity index (χ1) is 15.3. The highest BCUT2D eigenvalue weighted by atomic mass is 32.2. The lowest BCUT2D eigenvalue weighted by Crippen LogP contribution is -2.67. The summed E-state index contributed by atoms with van der Waals surface area (Å²) in [5, 5.41) is 13.8. The maximum absolute atomic E-state index is 11.2. The fraction of sp³-hybridized carbons (Fsp3) is 0.556. The van der Waals surface area contributed by atoms with E-state index in [0.717, 1.165) is 5.75 Å². The molecule has 1 saturated heterocycles. The zero-order valence-electron chi connectivity index (χ0n) is 21.6. The van der Waals surface area contributed by atoms with E-state index >= 15 is 0 Å². The van der Waals surface area contributed by atoms with Gasteiger partial charge in [0.2, 0.25) is 0 Å². The predicted octanol–water partition coefficient (Wildman–Crippen LogP) is 5.43. The standard InChI is InChI=1S/C27H42O3SSi2/c1-26(2,3)32(7,8)30-23-20-31-24(25(23)28)19-29-33(27(4,5)6,21-15-11-9-12-16-21)22-17-13-10-14-18-22/h9-18,23-25,28H,19-20H2,1-8H3/t23-,24-,25+/m1/s1. The molecule has 33 heavy (non-hydrogen) atoms. The Hall–Kier alpha value is -0.896. The van der Waals surface area contributed by atoms with E-state index in [1.165, 1.54) is 10.4 Å². The Morgan fingerprint density at radius 2 is 1.33 bits per heavy atom. The minimum atomic E-state index is -2.60. The van der Waals surface area contributed by atoms with Crippen LogP contribution in [0.4, 0.5) is 0 Å². The van der Waals surface area contributed by atoms with Gasteiger partial charge in [-0.05, 0) is 33.5 Å². The molecule has 3 rings (SSSR count). The van der Waals surface area contributed by atoms with Crippen LogP contribution in [0.5, 0.6) is 0 Å². The Balaban J connectivity index is 1.87. The van der Waals surface area contributed by atoms with Gasteiger partial charge in [-0.3, -0.25) is 0 Å². The molecule has 0 unspecified atom stereocenters. The first-order valence-corrected chi connectivity index (χ1v) is 17.9. The maximum atomic E-state index is 11.2. The number of aliphatic hydroxyl groups is 1. The number of benzene rings is 2. The zero-order valence-corrected chi connectivity index (χ0v) is 24.4. The molecular formula is C27H42O3SSi2. The Morgan fingerprint density at radius 1 is 0.848 bits per heavy atom. The van der Waals surface area contributed by atoms with Gasteiger partial charge >= 0.3 is 0 Å². The van der Waals surface area contributed by atoms with Crippen LogP contribution in [-0.2, 0) is 8.85 Å². The number of rotatable bonds is 7. The summed E-state index contributed by atoms with van der Waals surface area (Å²) in [6, 6.07) is 21.4. The smallest absolute Gasteiger partial charge is 0.261 e. The van der Waals surface area contributed by atoms with Gasteiger partial charge in [0.05, 0.1) is 17.5 Å². The number of hydrogen-bond donors (Lipinski definition) is 1. The first kappa shape index (κ1) is 26.7. The average molecular weight is 503 g/mol. The molecule has 1 aliphatic rings. The maximum Gasteiger partial charge on any atom is 0.261 e. The quantitative estimate of drug-likeness (QED) is 0.513. The summed E-state index contributed by atoms with van der Waals surface area (Å²) in [6.45, 7) is 18.7. The van der Waals surface area contributed by atoms with Crippen molar-refractivity contribution >= 4 is 38.8 Å². The zero-order chi connectivity index (χ0) is 24.5. The molecule has 3 atom stereocenters. The molecule has 0 saturated carbocycles. The van der Waals surface area contributed by atoms with Crippen LogP contribution >= 0.6 is 11.8 Å². The summed E-state index contributed by atoms with van der Waals surface area (Å²) >= 11 is 1.80. The Labute approximate surface area is 207 Å². The van der Waals surface area contributed by atoms with Crippen molar-refractivity contribution < 1.29 is 14.0 Å². The fourth-order valence-electron chi connectivity index (χ4n) is 4.43. The minimum absolute atomic E-state index is 0.0152. The van der Waals surface area contributed by atoms with Gasteiger partial charge < -0.3 is 14.0 Å². The van der Waals surface area contributed by atoms with Crippen LogP contribution in [-0.4, -0.2) is 51.6 Å². The third kappa shape index (κ3) is 5.52. The van der Waals surface area contributed by atoms with Gasteiger partial charge in [-0.25, -0.2) is 0 Å². The Bertz CT molecular complexity index is 852. The van der Waals surface area contributed by atoms with Crippen LogP contribution in [0.3, 0.4) is 0 Å². The van der Waals surface area contributed by atoms with Crippen LogP contribution < -0.4 is 10.4 Å². The number of aliphatic hydroxyl groups excluding tert-OH is 1. The molecule has 0 radical (unpaired) electrons. The first-order valence-electron chi connectivity index (χ1n) is 12.0. The van der Waals surface area contributed by atoms with Gasteiger partial charge in [-0.15, -0.1) is 0 Å². The normalized spacial score (nSPS) is 22.5. The molecule has 0 spiro atoms. The molecule has 1 fully saturated rings. The molecule has 1 N–H and O–H groups in total. The van der Waals surface area contributed by atoms with E-state index in [2.05, 4.69) is 115 Å². The van der Waals surface area contributed by atoms with E-state index in [1.54, 1.807) is 11.8 Å². The average Bonchev–Trinajstić information content (AvgIpc) is 3.07. The fourth-order valence-corrected chi connectivity index (χ4v) is 11.8. The Morgan fingerprint density at radius 3 is 1.76 bits per heavy atom. The molecule has 182 valence electrons. The van der Waals surface area contributed by atoms with Crippen molar-refractivity contribution in [2.24, 2.45) is 0 Å². The van der Waals surface area contributed by atoms with Gasteiger partial charge in [0.15, 0.2) is 8.32 Å². The highest BCUT2D eigenvalue weighted by Gasteiger charge is 2.51. The van der Waals surface area contributed by atoms with Gasteiger partial charge in [0.25, 0.3) is 8.32 Å². The molecule has 0 aromatic heterocycles. The summed E-state index contributed by atoms with van der Waals surface area (Å²) in [4.78, 5) is 0. The van der Waals surface area contributed by atoms with E-state index in [9.17, 15) is 5.11 Å². The van der Waals surface area contributed by atoms with Crippen LogP contribution in [0.1, 0.15) is 41.5 Å². The minimum Gasteiger partial charge on any atom is -0.410 e. The number of thioether (sulfide) groups is 1. The molecule has 0 amide bonds. The second-order valence-electron chi connectivity index (χ2n) is 11.8. The van der Waals surface area contributed by atoms with Gasteiger partial charge in [0.1, 0.15) is 0 Å². The summed E-state index contributed by atoms with van der Waals surface area (Å²) in [5.74, 6) is 0.822. The third-order valence-corrected chi connectivity index (χ3v) is 18.2. The van der Waals surface area contributed by atoms with Gasteiger partial charge in [-0.1, -0.05) is 102 Å². The largest absolute Gasteiger partial charge is 0.410 e. The third-order valence-electron chi connectivity index (χ3n) is 7.37. The van der Waals surface area contributed by atoms with Crippen LogP contribution in [0.2, 0.25) is 23.2 Å². The van der Waals surface area contributed by atoms with Crippen molar-refractivity contribution in [2.75, 3.05) is 12.4 Å². The molecule has 1 heterocycles. The molecule has 2 aromatic rings. The monoisotopic (exact) mass is 502 g/mol. The lowest BCUT2D eigenvalue weighted by molar-refractivity contribution is 0.0404. The molecule has 6 heteroatoms. The molecular weight excluding hydrogens is 461 g/mol. The molecule has 3 nitrogen and oxygen atoms in total. The predicted molar refractivity (Wildman–Crippen MR) is 148 cm³/mol. The van der Waals surface area contributed by atoms with Crippen LogP contribution in [0, 0.1) is 0 Å². The molecule has 1 aliphatic heterocycles. The van der Waals surface area contributed by atoms with Crippen molar-refractivity contribution in [3.05, 3.63) is 60.7 Å². The van der Waals surface area contributed by atoms with Crippen LogP contribution in [0.15, 0.2) is 60.7 Å². The highest BCUT2D eigenvalue weighted by Crippen LogP contribution is 2.42. The van der Waals surface area contributed by atoms with Crippen molar-refractivity contribution in [3.8, 4) is 0 Å². The van der Waals surface area contributed by atoms with E-state index in [4.69, 9.17) is 8.85 Å². The molecule has 0 aliphatic carbocycles. The second-order valence-corrected chi connectivity index (χ2v) is 22.1. The lowest BCUT2D eigenvalue weighted by Gasteiger charge is -2.43. The van der Waals surface area contributed by atoms with E-state index in [0.29, 0.717) is 6.61 Å². The van der Waals surface area contributed by atoms with Gasteiger partial charge in [0, 0.05) is 12.4 Å². The van der Waals surface area contributed by atoms with Crippen LogP contribution in [0.25, 0.3) is 0 Å². The summed E-state index contributed by atoms with van der Waals surface area (Å²) < 4.78 is 13.7. The van der Waals surface area contributed by atoms with Gasteiger partial charge in [-0.2, -0.15) is 11.8 Å². The van der Waals surface area contributed by atoms with Crippen molar-refractivity contribution in [1.29, 1.82) is 0 Å². The summed E-state index contributed by atoms with van der Waals surface area (Å²) in [5.41, 5.74) is 0. The molecule has 0 bridgehead atoms. The molecule has 2 aromatic carbocycles. The SMILES string of the molecule is CC(C)(C)[Si](C)(C)O[C@@H]1CS[C@H](CO[Si](c2ccccc2)(c2ccccc2)C(C)(C)C)[C@H]1O. The Kier molecular flexibility index (Phi) is 8.09. The highest BCUT2D eigenvalue weighted by molar-refractivity contribution is 8.00. The number of hydrogen-bond acceptors (Lipinski definition) is 4. The van der Waals surface area contributed by atoms with Crippen molar-refractivity contribution in [2.45, 2.75) is 82.2 Å². The summed E-state index contributed by atoms with van der Waals surface area (Å²) in [7, 11) is -4.54. The van der Waals surface area contributed by atoms with Crippen molar-refractivity contribution in [1.82, 2.24) is 0 Å². The second kappa shape index (κ2) is 10.00. The van der Waals surface area contributed by atoms with E-state index < -0.39 is 22.7 Å². The van der Waals surface area contributed by atoms with Crippen molar-refractivity contribution in [3.63, 3.8) is 0 Å². The topological polar surface area (TPSA) is 38.7 Å². The summed E-state index contributed by atoms with van der Waals surface area (Å²) in [6.07, 6.45) is -0.633. The van der Waals surface area contributed by atoms with E-state index in [-0.39, 0.29) is 21.4 Å². The van der Waals surface area contributed by atoms with E-state index in [1.807, 2.05) is 0 Å².